The maximum absolute atomic E-state index is 13.2. The molecule has 3 aliphatic heterocycles. The number of hydrogen-bond donors (Lipinski definition) is 1. The fourth-order valence-electron chi connectivity index (χ4n) is 6.04. The van der Waals surface area contributed by atoms with Crippen molar-refractivity contribution in [1.82, 2.24) is 34.6 Å². The molecule has 1 atom stereocenters. The van der Waals surface area contributed by atoms with Crippen molar-refractivity contribution in [2.45, 2.75) is 24.8 Å². The number of fused-ring (bicyclic) bond motifs is 1. The number of anilines is 1. The normalized spacial score (nSPS) is 21.9. The summed E-state index contributed by atoms with van der Waals surface area (Å²) in [4.78, 5) is 46.1. The molecule has 1 spiro atoms. The number of hydrogen-bond acceptors (Lipinski definition) is 7. The van der Waals surface area contributed by atoms with Crippen molar-refractivity contribution in [3.8, 4) is 0 Å². The van der Waals surface area contributed by atoms with Crippen molar-refractivity contribution in [3.05, 3.63) is 48.0 Å². The average molecular weight is 489 g/mol. The summed E-state index contributed by atoms with van der Waals surface area (Å²) in [5.74, 6) is 1.36. The minimum atomic E-state index is -0.407. The van der Waals surface area contributed by atoms with Crippen LogP contribution in [0.4, 0.5) is 5.82 Å². The number of amides is 2. The zero-order chi connectivity index (χ0) is 25.0. The number of likely N-dealkylation sites (tertiary alicyclic amines) is 1. The highest BCUT2D eigenvalue weighted by Crippen LogP contribution is 2.48. The van der Waals surface area contributed by atoms with E-state index >= 15 is 0 Å². The standard InChI is InChI=1S/C26H32N8O2/c1-31(2)18-14-34(15-18)24(35)23-30-20-21(32(23)3)28-16-29-22(20)33-11-9-26(10-12-33)19(13-27-25(26)36)17-7-5-4-6-8-17/h4-8,16,18-19H,9-15H2,1-3H3,(H,27,36). The Morgan fingerprint density at radius 2 is 1.83 bits per heavy atom. The first-order chi connectivity index (χ1) is 17.4. The molecule has 0 radical (unpaired) electrons. The van der Waals surface area contributed by atoms with E-state index in [1.165, 1.54) is 5.56 Å². The van der Waals surface area contributed by atoms with Gasteiger partial charge in [0.15, 0.2) is 17.0 Å². The lowest BCUT2D eigenvalue weighted by molar-refractivity contribution is -0.129. The van der Waals surface area contributed by atoms with Gasteiger partial charge in [-0.2, -0.15) is 0 Å². The number of carbonyl (C=O) groups is 2. The average Bonchev–Trinajstić information content (AvgIpc) is 3.36. The maximum Gasteiger partial charge on any atom is 0.290 e. The van der Waals surface area contributed by atoms with Crippen LogP contribution in [0.15, 0.2) is 36.7 Å². The number of nitrogens with one attached hydrogen (secondary N) is 1. The summed E-state index contributed by atoms with van der Waals surface area (Å²) in [5.41, 5.74) is 2.09. The summed E-state index contributed by atoms with van der Waals surface area (Å²) in [6, 6.07) is 10.7. The number of carbonyl (C=O) groups excluding carboxylic acids is 2. The minimum absolute atomic E-state index is 0.0783. The van der Waals surface area contributed by atoms with E-state index in [0.29, 0.717) is 55.8 Å². The Morgan fingerprint density at radius 1 is 1.11 bits per heavy atom. The summed E-state index contributed by atoms with van der Waals surface area (Å²) in [7, 11) is 5.90. The molecule has 3 fully saturated rings. The van der Waals surface area contributed by atoms with Gasteiger partial charge in [0.1, 0.15) is 6.33 Å². The molecule has 3 saturated heterocycles. The molecule has 2 amide bonds. The van der Waals surface area contributed by atoms with Crippen molar-refractivity contribution < 1.29 is 9.59 Å². The third-order valence-electron chi connectivity index (χ3n) is 8.45. The Labute approximate surface area is 210 Å². The highest BCUT2D eigenvalue weighted by atomic mass is 16.2. The molecule has 6 rings (SSSR count). The molecule has 1 aromatic carbocycles. The van der Waals surface area contributed by atoms with Crippen LogP contribution in [0.3, 0.4) is 0 Å². The second kappa shape index (κ2) is 8.55. The van der Waals surface area contributed by atoms with E-state index < -0.39 is 5.41 Å². The summed E-state index contributed by atoms with van der Waals surface area (Å²) in [6.45, 7) is 3.47. The zero-order valence-corrected chi connectivity index (χ0v) is 21.0. The second-order valence-corrected chi connectivity index (χ2v) is 10.5. The third-order valence-corrected chi connectivity index (χ3v) is 8.45. The van der Waals surface area contributed by atoms with E-state index in [0.717, 1.165) is 18.7 Å². The van der Waals surface area contributed by atoms with Crippen LogP contribution in [0, 0.1) is 5.41 Å². The second-order valence-electron chi connectivity index (χ2n) is 10.5. The van der Waals surface area contributed by atoms with Gasteiger partial charge in [-0.05, 0) is 32.5 Å². The smallest absolute Gasteiger partial charge is 0.290 e. The molecule has 36 heavy (non-hydrogen) atoms. The van der Waals surface area contributed by atoms with Crippen molar-refractivity contribution >= 4 is 28.8 Å². The van der Waals surface area contributed by atoms with E-state index in [1.807, 2.05) is 44.2 Å². The number of likely N-dealkylation sites (N-methyl/N-ethyl adjacent to an activating group) is 1. The SMILES string of the molecule is CN(C)C1CN(C(=O)c2nc3c(N4CCC5(CC4)C(=O)NCC5c4ccccc4)ncnc3n2C)C1. The van der Waals surface area contributed by atoms with Crippen molar-refractivity contribution in [1.29, 1.82) is 0 Å². The number of imidazole rings is 1. The lowest BCUT2D eigenvalue weighted by atomic mass is 9.68. The predicted octanol–water partition coefficient (Wildman–Crippen LogP) is 1.25. The highest BCUT2D eigenvalue weighted by Gasteiger charge is 2.52. The number of benzene rings is 1. The zero-order valence-electron chi connectivity index (χ0n) is 21.0. The largest absolute Gasteiger partial charge is 0.355 e. The number of aryl methyl sites for hydroxylation is 1. The first kappa shape index (κ1) is 22.9. The number of rotatable bonds is 4. The van der Waals surface area contributed by atoms with Gasteiger partial charge < -0.3 is 24.6 Å². The van der Waals surface area contributed by atoms with E-state index in [2.05, 4.69) is 37.2 Å². The molecule has 188 valence electrons. The van der Waals surface area contributed by atoms with Gasteiger partial charge in [-0.25, -0.2) is 15.0 Å². The van der Waals surface area contributed by atoms with Crippen LogP contribution in [0.2, 0.25) is 0 Å². The molecule has 1 N–H and O–H groups in total. The summed E-state index contributed by atoms with van der Waals surface area (Å²) in [6.07, 6.45) is 3.02. The van der Waals surface area contributed by atoms with Crippen molar-refractivity contribution in [2.24, 2.45) is 12.5 Å². The Morgan fingerprint density at radius 3 is 2.53 bits per heavy atom. The Hall–Kier alpha value is -3.53. The van der Waals surface area contributed by atoms with Crippen LogP contribution >= 0.6 is 0 Å². The summed E-state index contributed by atoms with van der Waals surface area (Å²) >= 11 is 0. The molecule has 10 heteroatoms. The number of aromatic nitrogens is 4. The van der Waals surface area contributed by atoms with E-state index in [1.54, 1.807) is 10.9 Å². The summed E-state index contributed by atoms with van der Waals surface area (Å²) in [5, 5.41) is 3.12. The molecule has 0 saturated carbocycles. The lowest BCUT2D eigenvalue weighted by Gasteiger charge is -2.42. The molecular formula is C26H32N8O2. The van der Waals surface area contributed by atoms with Gasteiger partial charge >= 0.3 is 0 Å². The van der Waals surface area contributed by atoms with Gasteiger partial charge in [-0.1, -0.05) is 30.3 Å². The van der Waals surface area contributed by atoms with Crippen LogP contribution in [0.5, 0.6) is 0 Å². The van der Waals surface area contributed by atoms with Crippen molar-refractivity contribution in [3.63, 3.8) is 0 Å². The molecular weight excluding hydrogens is 456 g/mol. The first-order valence-electron chi connectivity index (χ1n) is 12.6. The summed E-state index contributed by atoms with van der Waals surface area (Å²) < 4.78 is 1.77. The quantitative estimate of drug-likeness (QED) is 0.590. The maximum atomic E-state index is 13.2. The molecule has 0 aliphatic carbocycles. The van der Waals surface area contributed by atoms with Crippen LogP contribution in [0.1, 0.15) is 34.9 Å². The van der Waals surface area contributed by atoms with E-state index in [4.69, 9.17) is 4.98 Å². The van der Waals surface area contributed by atoms with Gasteiger partial charge in [-0.15, -0.1) is 0 Å². The molecule has 10 nitrogen and oxygen atoms in total. The Bertz CT molecular complexity index is 1310. The molecule has 3 aromatic rings. The molecule has 0 bridgehead atoms. The highest BCUT2D eigenvalue weighted by molar-refractivity contribution is 5.96. The van der Waals surface area contributed by atoms with Crippen LogP contribution in [-0.4, -0.2) is 94.0 Å². The topological polar surface area (TPSA) is 99.5 Å². The predicted molar refractivity (Wildman–Crippen MR) is 136 cm³/mol. The van der Waals surface area contributed by atoms with Gasteiger partial charge in [-0.3, -0.25) is 9.59 Å². The fourth-order valence-corrected chi connectivity index (χ4v) is 6.04. The van der Waals surface area contributed by atoms with E-state index in [9.17, 15) is 9.59 Å². The monoisotopic (exact) mass is 488 g/mol. The van der Waals surface area contributed by atoms with Gasteiger partial charge in [0.05, 0.1) is 5.41 Å². The van der Waals surface area contributed by atoms with Crippen LogP contribution < -0.4 is 10.2 Å². The first-order valence-corrected chi connectivity index (χ1v) is 12.6. The fraction of sp³-hybridized carbons (Fsp3) is 0.500. The van der Waals surface area contributed by atoms with Gasteiger partial charge in [0, 0.05) is 51.7 Å². The van der Waals surface area contributed by atoms with Gasteiger partial charge in [0.2, 0.25) is 11.7 Å². The Balaban J connectivity index is 1.25. The number of piperidine rings is 1. The Kier molecular flexibility index (Phi) is 5.44. The van der Waals surface area contributed by atoms with Crippen LogP contribution in [-0.2, 0) is 11.8 Å². The van der Waals surface area contributed by atoms with Crippen LogP contribution in [0.25, 0.3) is 11.2 Å². The van der Waals surface area contributed by atoms with Crippen molar-refractivity contribution in [2.75, 3.05) is 51.7 Å². The molecule has 1 unspecified atom stereocenters. The molecule has 3 aliphatic rings. The minimum Gasteiger partial charge on any atom is -0.355 e. The van der Waals surface area contributed by atoms with E-state index in [-0.39, 0.29) is 17.7 Å². The lowest BCUT2D eigenvalue weighted by Crippen LogP contribution is -2.59. The van der Waals surface area contributed by atoms with Gasteiger partial charge in [0.25, 0.3) is 5.91 Å². The number of nitrogens with zero attached hydrogens (tertiary/aromatic N) is 7. The molecule has 5 heterocycles. The molecule has 2 aromatic heterocycles. The third kappa shape index (κ3) is 3.46.